The lowest BCUT2D eigenvalue weighted by molar-refractivity contribution is 0.0139. The molecule has 1 amide bonds. The lowest BCUT2D eigenvalue weighted by Crippen LogP contribution is -2.49. The predicted molar refractivity (Wildman–Crippen MR) is 115 cm³/mol. The van der Waals surface area contributed by atoms with Gasteiger partial charge in [0.05, 0.1) is 0 Å². The monoisotopic (exact) mass is 384 g/mol. The maximum Gasteiger partial charge on any atom is 0.410 e. The van der Waals surface area contributed by atoms with Crippen LogP contribution in [0.15, 0.2) is 18.2 Å². The molecule has 4 nitrogen and oxygen atoms in total. The molecule has 0 spiro atoms. The summed E-state index contributed by atoms with van der Waals surface area (Å²) in [7, 11) is 0. The van der Waals surface area contributed by atoms with Crippen molar-refractivity contribution in [2.75, 3.05) is 26.2 Å². The molecule has 0 radical (unpaired) electrons. The van der Waals surface area contributed by atoms with Crippen LogP contribution in [0.4, 0.5) is 4.79 Å². The van der Waals surface area contributed by atoms with Gasteiger partial charge in [-0.3, -0.25) is 4.90 Å². The molecule has 0 bridgehead atoms. The van der Waals surface area contributed by atoms with Crippen LogP contribution in [0.5, 0.6) is 0 Å². The van der Waals surface area contributed by atoms with E-state index in [2.05, 4.69) is 62.6 Å². The smallest absolute Gasteiger partial charge is 0.410 e. The predicted octanol–water partition coefficient (Wildman–Crippen LogP) is 4.84. The summed E-state index contributed by atoms with van der Waals surface area (Å²) in [5.74, 6) is 6.86. The van der Waals surface area contributed by atoms with Crippen LogP contribution in [0.2, 0.25) is 0 Å². The molecule has 2 rings (SSSR count). The fourth-order valence-electron chi connectivity index (χ4n) is 2.93. The maximum absolute atomic E-state index is 12.2. The Kier molecular flexibility index (Phi) is 7.17. The Morgan fingerprint density at radius 3 is 2.32 bits per heavy atom. The fraction of sp³-hybridized carbons (Fsp3) is 0.625. The van der Waals surface area contributed by atoms with Gasteiger partial charge in [0, 0.05) is 43.7 Å². The van der Waals surface area contributed by atoms with Gasteiger partial charge >= 0.3 is 6.09 Å². The summed E-state index contributed by atoms with van der Waals surface area (Å²) in [6.07, 6.45) is 0.823. The minimum absolute atomic E-state index is 0.0278. The molecule has 1 fully saturated rings. The van der Waals surface area contributed by atoms with E-state index in [1.807, 2.05) is 20.8 Å². The number of piperazine rings is 1. The molecular formula is C24H36N2O2. The Hall–Kier alpha value is -1.99. The van der Waals surface area contributed by atoms with Crippen LogP contribution in [0, 0.1) is 24.2 Å². The maximum atomic E-state index is 12.2. The highest BCUT2D eigenvalue weighted by Crippen LogP contribution is 2.20. The van der Waals surface area contributed by atoms with Gasteiger partial charge in [-0.25, -0.2) is 4.79 Å². The van der Waals surface area contributed by atoms with E-state index in [1.165, 1.54) is 11.1 Å². The number of hydrogen-bond acceptors (Lipinski definition) is 3. The molecule has 0 unspecified atom stereocenters. The van der Waals surface area contributed by atoms with Crippen LogP contribution >= 0.6 is 0 Å². The van der Waals surface area contributed by atoms with Gasteiger partial charge in [0.15, 0.2) is 0 Å². The highest BCUT2D eigenvalue weighted by molar-refractivity contribution is 5.68. The zero-order chi connectivity index (χ0) is 20.9. The van der Waals surface area contributed by atoms with Gasteiger partial charge in [-0.2, -0.15) is 0 Å². The van der Waals surface area contributed by atoms with E-state index in [-0.39, 0.29) is 11.5 Å². The number of amides is 1. The van der Waals surface area contributed by atoms with E-state index in [4.69, 9.17) is 4.74 Å². The Morgan fingerprint density at radius 1 is 1.11 bits per heavy atom. The molecule has 1 aliphatic heterocycles. The van der Waals surface area contributed by atoms with Crippen LogP contribution in [-0.2, 0) is 11.3 Å². The summed E-state index contributed by atoms with van der Waals surface area (Å²) in [4.78, 5) is 16.4. The Bertz CT molecular complexity index is 742. The fourth-order valence-corrected chi connectivity index (χ4v) is 2.93. The molecule has 0 N–H and O–H groups in total. The quantitative estimate of drug-likeness (QED) is 0.700. The zero-order valence-corrected chi connectivity index (χ0v) is 18.7. The molecular weight excluding hydrogens is 348 g/mol. The molecule has 0 atom stereocenters. The minimum Gasteiger partial charge on any atom is -0.444 e. The summed E-state index contributed by atoms with van der Waals surface area (Å²) in [5.41, 5.74) is 3.19. The average Bonchev–Trinajstić information content (AvgIpc) is 2.61. The van der Waals surface area contributed by atoms with E-state index < -0.39 is 5.60 Å². The third-order valence-electron chi connectivity index (χ3n) is 5.10. The second-order valence-corrected chi connectivity index (χ2v) is 9.39. The van der Waals surface area contributed by atoms with Gasteiger partial charge in [0.1, 0.15) is 5.60 Å². The van der Waals surface area contributed by atoms with E-state index >= 15 is 0 Å². The second kappa shape index (κ2) is 9.01. The van der Waals surface area contributed by atoms with Gasteiger partial charge in [0.2, 0.25) is 0 Å². The Balaban J connectivity index is 2.03. The summed E-state index contributed by atoms with van der Waals surface area (Å²) < 4.78 is 5.49. The third-order valence-corrected chi connectivity index (χ3v) is 5.10. The summed E-state index contributed by atoms with van der Waals surface area (Å²) in [6.45, 7) is 18.3. The van der Waals surface area contributed by atoms with Crippen molar-refractivity contribution in [2.45, 2.75) is 67.0 Å². The summed E-state index contributed by atoms with van der Waals surface area (Å²) in [6, 6.07) is 6.53. The van der Waals surface area contributed by atoms with Crippen LogP contribution in [-0.4, -0.2) is 47.7 Å². The molecule has 0 aromatic heterocycles. The third kappa shape index (κ3) is 6.87. The highest BCUT2D eigenvalue weighted by atomic mass is 16.6. The molecule has 0 saturated carbocycles. The van der Waals surface area contributed by atoms with Crippen LogP contribution in [0.3, 0.4) is 0 Å². The number of carbonyl (C=O) groups excluding carboxylic acids is 1. The molecule has 28 heavy (non-hydrogen) atoms. The van der Waals surface area contributed by atoms with Crippen molar-refractivity contribution in [1.29, 1.82) is 0 Å². The van der Waals surface area contributed by atoms with Crippen molar-refractivity contribution in [3.05, 3.63) is 34.9 Å². The van der Waals surface area contributed by atoms with E-state index in [0.717, 1.165) is 31.6 Å². The Morgan fingerprint density at radius 2 is 1.75 bits per heavy atom. The first-order chi connectivity index (χ1) is 13.0. The topological polar surface area (TPSA) is 32.8 Å². The largest absolute Gasteiger partial charge is 0.444 e. The second-order valence-electron chi connectivity index (χ2n) is 9.39. The number of hydrogen-bond donors (Lipinski definition) is 0. The van der Waals surface area contributed by atoms with Gasteiger partial charge < -0.3 is 9.64 Å². The number of nitrogens with zero attached hydrogens (tertiary/aromatic N) is 2. The van der Waals surface area contributed by atoms with Crippen molar-refractivity contribution in [1.82, 2.24) is 9.80 Å². The van der Waals surface area contributed by atoms with Gasteiger partial charge in [0.25, 0.3) is 0 Å². The molecule has 1 heterocycles. The zero-order valence-electron chi connectivity index (χ0n) is 18.7. The van der Waals surface area contributed by atoms with Crippen molar-refractivity contribution in [3.8, 4) is 11.8 Å². The van der Waals surface area contributed by atoms with Crippen LogP contribution < -0.4 is 0 Å². The van der Waals surface area contributed by atoms with E-state index in [9.17, 15) is 4.79 Å². The molecule has 4 heteroatoms. The standard InChI is InChI=1S/C24H36N2O2/c1-8-24(6,7)12-11-20-17-19(2)9-10-21(20)18-25-13-15-26(16-14-25)22(27)28-23(3,4)5/h9-10,17H,8,13-16,18H2,1-7H3. The first kappa shape index (κ1) is 22.3. The number of aryl methyl sites for hydroxylation is 1. The molecule has 1 aliphatic rings. The number of benzene rings is 1. The first-order valence-corrected chi connectivity index (χ1v) is 10.3. The average molecular weight is 385 g/mol. The minimum atomic E-state index is -0.448. The van der Waals surface area contributed by atoms with Gasteiger partial charge in [-0.15, -0.1) is 0 Å². The number of carbonyl (C=O) groups is 1. The molecule has 154 valence electrons. The summed E-state index contributed by atoms with van der Waals surface area (Å²) in [5, 5.41) is 0. The van der Waals surface area contributed by atoms with Crippen molar-refractivity contribution in [3.63, 3.8) is 0 Å². The Labute approximate surface area is 171 Å². The lowest BCUT2D eigenvalue weighted by atomic mass is 9.90. The van der Waals surface area contributed by atoms with Crippen molar-refractivity contribution >= 4 is 6.09 Å². The van der Waals surface area contributed by atoms with Crippen molar-refractivity contribution < 1.29 is 9.53 Å². The normalized spacial score (nSPS) is 15.8. The van der Waals surface area contributed by atoms with E-state index in [1.54, 1.807) is 4.90 Å². The number of ether oxygens (including phenoxy) is 1. The SMILES string of the molecule is CCC(C)(C)C#Cc1cc(C)ccc1CN1CCN(C(=O)OC(C)(C)C)CC1. The summed E-state index contributed by atoms with van der Waals surface area (Å²) >= 11 is 0. The molecule has 1 saturated heterocycles. The molecule has 1 aromatic rings. The highest BCUT2D eigenvalue weighted by Gasteiger charge is 2.26. The molecule has 1 aromatic carbocycles. The van der Waals surface area contributed by atoms with Crippen LogP contribution in [0.1, 0.15) is 64.7 Å². The molecule has 0 aliphatic carbocycles. The van der Waals surface area contributed by atoms with Gasteiger partial charge in [-0.05, 0) is 65.2 Å². The van der Waals surface area contributed by atoms with Gasteiger partial charge in [-0.1, -0.05) is 30.9 Å². The van der Waals surface area contributed by atoms with E-state index in [0.29, 0.717) is 13.1 Å². The lowest BCUT2D eigenvalue weighted by Gasteiger charge is -2.35. The first-order valence-electron chi connectivity index (χ1n) is 10.3. The van der Waals surface area contributed by atoms with Crippen LogP contribution in [0.25, 0.3) is 0 Å². The number of rotatable bonds is 3. The van der Waals surface area contributed by atoms with Crippen molar-refractivity contribution in [2.24, 2.45) is 5.41 Å².